The van der Waals surface area contributed by atoms with E-state index in [2.05, 4.69) is 15.0 Å². The fourth-order valence-corrected chi connectivity index (χ4v) is 3.71. The van der Waals surface area contributed by atoms with E-state index in [4.69, 9.17) is 0 Å². The molecule has 0 amide bonds. The van der Waals surface area contributed by atoms with Crippen LogP contribution in [0.3, 0.4) is 0 Å². The third kappa shape index (κ3) is 3.96. The van der Waals surface area contributed by atoms with Crippen LogP contribution in [0.4, 0.5) is 8.78 Å². The second-order valence-corrected chi connectivity index (χ2v) is 6.30. The van der Waals surface area contributed by atoms with E-state index in [9.17, 15) is 8.78 Å². The van der Waals surface area contributed by atoms with E-state index in [0.29, 0.717) is 18.3 Å². The molecule has 0 bridgehead atoms. The molecule has 5 heteroatoms. The highest BCUT2D eigenvalue weighted by atomic mass is 19.3. The van der Waals surface area contributed by atoms with Gasteiger partial charge in [-0.3, -0.25) is 4.90 Å². The summed E-state index contributed by atoms with van der Waals surface area (Å²) in [4.78, 5) is 2.35. The summed E-state index contributed by atoms with van der Waals surface area (Å²) < 4.78 is 29.5. The first-order chi connectivity index (χ1) is 10.7. The second kappa shape index (κ2) is 7.38. The molecule has 2 fully saturated rings. The lowest BCUT2D eigenvalue weighted by Crippen LogP contribution is -2.40. The number of nitrogens with zero attached hydrogens (tertiary/aromatic N) is 1. The van der Waals surface area contributed by atoms with Gasteiger partial charge in [0.2, 0.25) is 0 Å². The van der Waals surface area contributed by atoms with Crippen molar-refractivity contribution in [1.82, 2.24) is 10.2 Å². The molecule has 1 aromatic rings. The highest BCUT2D eigenvalue weighted by molar-refractivity contribution is 5.33. The number of likely N-dealkylation sites (tertiary alicyclic amines) is 1. The Labute approximate surface area is 130 Å². The van der Waals surface area contributed by atoms with E-state index in [1.807, 2.05) is 12.1 Å². The van der Waals surface area contributed by atoms with Crippen LogP contribution in [0, 0.1) is 5.92 Å². The third-order valence-electron chi connectivity index (χ3n) is 4.88. The molecule has 1 atom stereocenters. The Hall–Kier alpha value is -1.20. The van der Waals surface area contributed by atoms with E-state index in [-0.39, 0.29) is 0 Å². The molecule has 2 saturated heterocycles. The number of piperidine rings is 1. The molecule has 3 rings (SSSR count). The molecule has 2 aliphatic rings. The molecular formula is C17H24F2N2O. The van der Waals surface area contributed by atoms with Crippen molar-refractivity contribution in [1.29, 1.82) is 0 Å². The Bertz CT molecular complexity index is 469. The Morgan fingerprint density at radius 2 is 1.95 bits per heavy atom. The average molecular weight is 310 g/mol. The molecule has 0 aromatic heterocycles. The zero-order valence-corrected chi connectivity index (χ0v) is 12.8. The quantitative estimate of drug-likeness (QED) is 0.903. The largest absolute Gasteiger partial charge is 0.434 e. The van der Waals surface area contributed by atoms with E-state index >= 15 is 0 Å². The van der Waals surface area contributed by atoms with Crippen molar-refractivity contribution in [3.05, 3.63) is 29.8 Å². The predicted octanol–water partition coefficient (Wildman–Crippen LogP) is 3.25. The second-order valence-electron chi connectivity index (χ2n) is 6.30. The molecule has 2 heterocycles. The summed E-state index contributed by atoms with van der Waals surface area (Å²) in [6.07, 6.45) is 4.98. The summed E-state index contributed by atoms with van der Waals surface area (Å²) >= 11 is 0. The molecule has 0 spiro atoms. The smallest absolute Gasteiger partial charge is 0.387 e. The van der Waals surface area contributed by atoms with Crippen LogP contribution in [0.2, 0.25) is 0 Å². The monoisotopic (exact) mass is 310 g/mol. The van der Waals surface area contributed by atoms with Crippen molar-refractivity contribution >= 4 is 0 Å². The maximum absolute atomic E-state index is 12.5. The fourth-order valence-electron chi connectivity index (χ4n) is 3.71. The lowest BCUT2D eigenvalue weighted by molar-refractivity contribution is -0.0508. The first kappa shape index (κ1) is 15.7. The van der Waals surface area contributed by atoms with Crippen LogP contribution in [0.1, 0.15) is 31.2 Å². The lowest BCUT2D eigenvalue weighted by atomic mass is 9.88. The summed E-state index contributed by atoms with van der Waals surface area (Å²) in [5.74, 6) is 1.07. The third-order valence-corrected chi connectivity index (χ3v) is 4.88. The minimum Gasteiger partial charge on any atom is -0.434 e. The fraction of sp³-hybridized carbons (Fsp3) is 0.647. The van der Waals surface area contributed by atoms with Crippen molar-refractivity contribution in [2.45, 2.75) is 44.9 Å². The molecule has 1 unspecified atom stereocenters. The van der Waals surface area contributed by atoms with Gasteiger partial charge in [0.15, 0.2) is 0 Å². The van der Waals surface area contributed by atoms with E-state index in [1.54, 1.807) is 12.1 Å². The summed E-state index contributed by atoms with van der Waals surface area (Å²) in [7, 11) is 0. The predicted molar refractivity (Wildman–Crippen MR) is 82.1 cm³/mol. The summed E-state index contributed by atoms with van der Waals surface area (Å²) in [6, 6.07) is 7.80. The Morgan fingerprint density at radius 1 is 1.18 bits per heavy atom. The van der Waals surface area contributed by atoms with Gasteiger partial charge < -0.3 is 10.1 Å². The number of hydrogen-bond donors (Lipinski definition) is 1. The van der Waals surface area contributed by atoms with Crippen molar-refractivity contribution in [3.63, 3.8) is 0 Å². The molecule has 0 aliphatic carbocycles. The van der Waals surface area contributed by atoms with Gasteiger partial charge in [0, 0.05) is 18.2 Å². The SMILES string of the molecule is FC(F)Oc1ccccc1CN1CCC(C2CCCN2)CC1. The maximum Gasteiger partial charge on any atom is 0.387 e. The Morgan fingerprint density at radius 3 is 2.64 bits per heavy atom. The van der Waals surface area contributed by atoms with E-state index < -0.39 is 6.61 Å². The molecule has 22 heavy (non-hydrogen) atoms. The number of alkyl halides is 2. The molecule has 1 aromatic carbocycles. The minimum absolute atomic E-state index is 0.303. The highest BCUT2D eigenvalue weighted by Crippen LogP contribution is 2.28. The van der Waals surface area contributed by atoms with Gasteiger partial charge in [0.25, 0.3) is 0 Å². The van der Waals surface area contributed by atoms with Crippen LogP contribution < -0.4 is 10.1 Å². The number of hydrogen-bond acceptors (Lipinski definition) is 3. The van der Waals surface area contributed by atoms with Crippen molar-refractivity contribution in [2.75, 3.05) is 19.6 Å². The molecule has 1 N–H and O–H groups in total. The van der Waals surface area contributed by atoms with Crippen LogP contribution in [-0.2, 0) is 6.54 Å². The number of nitrogens with one attached hydrogen (secondary N) is 1. The van der Waals surface area contributed by atoms with Gasteiger partial charge in [0.1, 0.15) is 5.75 Å². The number of ether oxygens (including phenoxy) is 1. The van der Waals surface area contributed by atoms with Crippen LogP contribution in [-0.4, -0.2) is 37.2 Å². The van der Waals surface area contributed by atoms with Gasteiger partial charge in [-0.1, -0.05) is 18.2 Å². The minimum atomic E-state index is -2.76. The zero-order chi connectivity index (χ0) is 15.4. The number of para-hydroxylation sites is 1. The highest BCUT2D eigenvalue weighted by Gasteiger charge is 2.28. The van der Waals surface area contributed by atoms with Crippen molar-refractivity contribution in [3.8, 4) is 5.75 Å². The topological polar surface area (TPSA) is 24.5 Å². The summed E-state index contributed by atoms with van der Waals surface area (Å²) in [6.45, 7) is 1.15. The number of benzene rings is 1. The van der Waals surface area contributed by atoms with Crippen LogP contribution in [0.25, 0.3) is 0 Å². The normalized spacial score (nSPS) is 24.0. The molecule has 3 nitrogen and oxygen atoms in total. The van der Waals surface area contributed by atoms with Gasteiger partial charge in [-0.05, 0) is 57.3 Å². The zero-order valence-electron chi connectivity index (χ0n) is 12.8. The van der Waals surface area contributed by atoms with Gasteiger partial charge in [-0.15, -0.1) is 0 Å². The Balaban J connectivity index is 1.54. The van der Waals surface area contributed by atoms with Crippen LogP contribution >= 0.6 is 0 Å². The van der Waals surface area contributed by atoms with Crippen LogP contribution in [0.15, 0.2) is 24.3 Å². The lowest BCUT2D eigenvalue weighted by Gasteiger charge is -2.35. The van der Waals surface area contributed by atoms with Gasteiger partial charge in [-0.25, -0.2) is 0 Å². The first-order valence-electron chi connectivity index (χ1n) is 8.21. The molecule has 0 radical (unpaired) electrons. The standard InChI is InChI=1S/C17H24F2N2O/c18-17(19)22-16-6-2-1-4-14(16)12-21-10-7-13(8-11-21)15-5-3-9-20-15/h1-2,4,6,13,15,17,20H,3,5,7-12H2. The summed E-state index contributed by atoms with van der Waals surface area (Å²) in [5.41, 5.74) is 0.847. The Kier molecular flexibility index (Phi) is 5.26. The number of rotatable bonds is 5. The van der Waals surface area contributed by atoms with E-state index in [0.717, 1.165) is 31.1 Å². The van der Waals surface area contributed by atoms with Crippen molar-refractivity contribution < 1.29 is 13.5 Å². The van der Waals surface area contributed by atoms with Gasteiger partial charge >= 0.3 is 6.61 Å². The van der Waals surface area contributed by atoms with Gasteiger partial charge in [-0.2, -0.15) is 8.78 Å². The van der Waals surface area contributed by atoms with E-state index in [1.165, 1.54) is 25.7 Å². The molecule has 122 valence electrons. The van der Waals surface area contributed by atoms with Gasteiger partial charge in [0.05, 0.1) is 0 Å². The number of halogens is 2. The molecule has 2 aliphatic heterocycles. The molecular weight excluding hydrogens is 286 g/mol. The van der Waals surface area contributed by atoms with Crippen molar-refractivity contribution in [2.24, 2.45) is 5.92 Å². The first-order valence-corrected chi connectivity index (χ1v) is 8.21. The van der Waals surface area contributed by atoms with Crippen LogP contribution in [0.5, 0.6) is 5.75 Å². The summed E-state index contributed by atoms with van der Waals surface area (Å²) in [5, 5.41) is 3.60. The maximum atomic E-state index is 12.5. The average Bonchev–Trinajstić information content (AvgIpc) is 3.04. The molecule has 0 saturated carbocycles.